The van der Waals surface area contributed by atoms with Crippen LogP contribution in [0, 0.1) is 11.8 Å². The van der Waals surface area contributed by atoms with Gasteiger partial charge in [0.05, 0.1) is 0 Å². The van der Waals surface area contributed by atoms with Gasteiger partial charge in [0.1, 0.15) is 0 Å². The highest BCUT2D eigenvalue weighted by atomic mass is 16.1. The van der Waals surface area contributed by atoms with Gasteiger partial charge >= 0.3 is 0 Å². The van der Waals surface area contributed by atoms with Gasteiger partial charge in [0.25, 0.3) is 0 Å². The van der Waals surface area contributed by atoms with Crippen molar-refractivity contribution in [3.63, 3.8) is 0 Å². The van der Waals surface area contributed by atoms with Crippen molar-refractivity contribution >= 4 is 5.91 Å². The van der Waals surface area contributed by atoms with Crippen LogP contribution < -0.4 is 5.73 Å². The standard InChI is InChI=1S/C8H15NO/c1-2-6-3-4-7(5-6)8(9)10/h6-7H,2-5H2,1H3,(H2,9,10). The Bertz CT molecular complexity index is 133. The third kappa shape index (κ3) is 1.49. The number of carbonyl (C=O) groups excluding carboxylic acids is 1. The molecule has 1 aliphatic carbocycles. The van der Waals surface area contributed by atoms with Gasteiger partial charge < -0.3 is 5.73 Å². The Balaban J connectivity index is 2.35. The third-order valence-electron chi connectivity index (χ3n) is 2.52. The highest BCUT2D eigenvalue weighted by Gasteiger charge is 2.26. The van der Waals surface area contributed by atoms with Gasteiger partial charge in [-0.1, -0.05) is 13.3 Å². The van der Waals surface area contributed by atoms with Gasteiger partial charge in [0.15, 0.2) is 0 Å². The summed E-state index contributed by atoms with van der Waals surface area (Å²) in [6.07, 6.45) is 4.45. The fourth-order valence-electron chi connectivity index (χ4n) is 1.70. The quantitative estimate of drug-likeness (QED) is 0.618. The van der Waals surface area contributed by atoms with E-state index < -0.39 is 0 Å². The van der Waals surface area contributed by atoms with E-state index in [0.717, 1.165) is 18.8 Å². The molecule has 0 saturated heterocycles. The van der Waals surface area contributed by atoms with Gasteiger partial charge in [-0.05, 0) is 25.2 Å². The molecule has 2 heteroatoms. The Kier molecular flexibility index (Phi) is 2.30. The van der Waals surface area contributed by atoms with Crippen molar-refractivity contribution in [1.82, 2.24) is 0 Å². The molecule has 2 N–H and O–H groups in total. The molecule has 1 rings (SSSR count). The number of primary amides is 1. The minimum atomic E-state index is -0.101. The van der Waals surface area contributed by atoms with E-state index in [-0.39, 0.29) is 11.8 Å². The maximum absolute atomic E-state index is 10.7. The second kappa shape index (κ2) is 3.04. The molecule has 0 aromatic carbocycles. The summed E-state index contributed by atoms with van der Waals surface area (Å²) in [6.45, 7) is 2.17. The van der Waals surface area contributed by atoms with E-state index in [4.69, 9.17) is 5.73 Å². The normalized spacial score (nSPS) is 32.5. The smallest absolute Gasteiger partial charge is 0.220 e. The molecular formula is C8H15NO. The Morgan fingerprint density at radius 1 is 1.60 bits per heavy atom. The van der Waals surface area contributed by atoms with Gasteiger partial charge in [0, 0.05) is 5.92 Å². The molecule has 10 heavy (non-hydrogen) atoms. The number of rotatable bonds is 2. The number of hydrogen-bond acceptors (Lipinski definition) is 1. The summed E-state index contributed by atoms with van der Waals surface area (Å²) < 4.78 is 0. The highest BCUT2D eigenvalue weighted by molar-refractivity contribution is 5.76. The lowest BCUT2D eigenvalue weighted by molar-refractivity contribution is -0.121. The molecular weight excluding hydrogens is 126 g/mol. The van der Waals surface area contributed by atoms with Gasteiger partial charge in [0.2, 0.25) is 5.91 Å². The van der Waals surface area contributed by atoms with E-state index in [1.807, 2.05) is 0 Å². The van der Waals surface area contributed by atoms with Crippen molar-refractivity contribution in [2.24, 2.45) is 17.6 Å². The second-order valence-corrected chi connectivity index (χ2v) is 3.19. The number of hydrogen-bond donors (Lipinski definition) is 1. The van der Waals surface area contributed by atoms with Crippen LogP contribution >= 0.6 is 0 Å². The molecule has 0 aromatic rings. The lowest BCUT2D eigenvalue weighted by atomic mass is 10.0. The summed E-state index contributed by atoms with van der Waals surface area (Å²) in [4.78, 5) is 10.7. The molecule has 2 nitrogen and oxygen atoms in total. The van der Waals surface area contributed by atoms with E-state index in [2.05, 4.69) is 6.92 Å². The van der Waals surface area contributed by atoms with Gasteiger partial charge in [-0.2, -0.15) is 0 Å². The molecule has 0 aromatic heterocycles. The average Bonchev–Trinajstić information content (AvgIpc) is 2.34. The first-order valence-corrected chi connectivity index (χ1v) is 4.03. The van der Waals surface area contributed by atoms with E-state index in [1.165, 1.54) is 12.8 Å². The zero-order chi connectivity index (χ0) is 7.56. The van der Waals surface area contributed by atoms with Crippen LogP contribution in [0.15, 0.2) is 0 Å². The maximum atomic E-state index is 10.7. The fraction of sp³-hybridized carbons (Fsp3) is 0.875. The molecule has 2 unspecified atom stereocenters. The molecule has 0 bridgehead atoms. The largest absolute Gasteiger partial charge is 0.369 e. The van der Waals surface area contributed by atoms with Crippen LogP contribution in [-0.2, 0) is 4.79 Å². The predicted molar refractivity (Wildman–Crippen MR) is 40.3 cm³/mol. The van der Waals surface area contributed by atoms with Crippen LogP contribution in [0.3, 0.4) is 0 Å². The molecule has 0 spiro atoms. The fourth-order valence-corrected chi connectivity index (χ4v) is 1.70. The third-order valence-corrected chi connectivity index (χ3v) is 2.52. The molecule has 1 aliphatic rings. The number of carbonyl (C=O) groups is 1. The van der Waals surface area contributed by atoms with E-state index >= 15 is 0 Å². The Morgan fingerprint density at radius 3 is 2.60 bits per heavy atom. The SMILES string of the molecule is CCC1CCC(C(N)=O)C1. The van der Waals surface area contributed by atoms with Crippen LogP contribution in [0.25, 0.3) is 0 Å². The monoisotopic (exact) mass is 141 g/mol. The molecule has 1 saturated carbocycles. The Morgan fingerprint density at radius 2 is 2.30 bits per heavy atom. The van der Waals surface area contributed by atoms with Crippen molar-refractivity contribution < 1.29 is 4.79 Å². The molecule has 2 atom stereocenters. The lowest BCUT2D eigenvalue weighted by Crippen LogP contribution is -2.20. The van der Waals surface area contributed by atoms with Crippen LogP contribution in [0.1, 0.15) is 32.6 Å². The molecule has 1 fully saturated rings. The van der Waals surface area contributed by atoms with Crippen LogP contribution in [0.5, 0.6) is 0 Å². The zero-order valence-corrected chi connectivity index (χ0v) is 6.47. The van der Waals surface area contributed by atoms with Crippen molar-refractivity contribution in [2.45, 2.75) is 32.6 Å². The molecule has 58 valence electrons. The minimum absolute atomic E-state index is 0.101. The summed E-state index contributed by atoms with van der Waals surface area (Å²) in [5, 5.41) is 0. The van der Waals surface area contributed by atoms with Crippen molar-refractivity contribution in [2.75, 3.05) is 0 Å². The number of amides is 1. The maximum Gasteiger partial charge on any atom is 0.220 e. The van der Waals surface area contributed by atoms with E-state index in [1.54, 1.807) is 0 Å². The summed E-state index contributed by atoms with van der Waals surface area (Å²) in [7, 11) is 0. The van der Waals surface area contributed by atoms with Crippen LogP contribution in [-0.4, -0.2) is 5.91 Å². The first-order valence-electron chi connectivity index (χ1n) is 4.03. The van der Waals surface area contributed by atoms with E-state index in [9.17, 15) is 4.79 Å². The Labute approximate surface area is 61.8 Å². The Hall–Kier alpha value is -0.530. The van der Waals surface area contributed by atoms with Gasteiger partial charge in [-0.3, -0.25) is 4.79 Å². The first kappa shape index (κ1) is 7.58. The summed E-state index contributed by atoms with van der Waals surface area (Å²) >= 11 is 0. The molecule has 0 heterocycles. The van der Waals surface area contributed by atoms with Crippen molar-refractivity contribution in [3.05, 3.63) is 0 Å². The summed E-state index contributed by atoms with van der Waals surface area (Å²) in [6, 6.07) is 0. The van der Waals surface area contributed by atoms with E-state index in [0.29, 0.717) is 0 Å². The van der Waals surface area contributed by atoms with Crippen LogP contribution in [0.2, 0.25) is 0 Å². The summed E-state index contributed by atoms with van der Waals surface area (Å²) in [5.74, 6) is 0.846. The van der Waals surface area contributed by atoms with Crippen molar-refractivity contribution in [1.29, 1.82) is 0 Å². The second-order valence-electron chi connectivity index (χ2n) is 3.19. The topological polar surface area (TPSA) is 43.1 Å². The lowest BCUT2D eigenvalue weighted by Gasteiger charge is -2.04. The molecule has 1 amide bonds. The van der Waals surface area contributed by atoms with Crippen molar-refractivity contribution in [3.8, 4) is 0 Å². The van der Waals surface area contributed by atoms with Gasteiger partial charge in [-0.25, -0.2) is 0 Å². The van der Waals surface area contributed by atoms with Crippen LogP contribution in [0.4, 0.5) is 0 Å². The predicted octanol–water partition coefficient (Wildman–Crippen LogP) is 1.30. The summed E-state index contributed by atoms with van der Waals surface area (Å²) in [5.41, 5.74) is 5.18. The highest BCUT2D eigenvalue weighted by Crippen LogP contribution is 2.32. The number of nitrogens with two attached hydrogens (primary N) is 1. The minimum Gasteiger partial charge on any atom is -0.369 e. The molecule has 0 radical (unpaired) electrons. The molecule has 0 aliphatic heterocycles. The van der Waals surface area contributed by atoms with Gasteiger partial charge in [-0.15, -0.1) is 0 Å². The zero-order valence-electron chi connectivity index (χ0n) is 6.47. The average molecular weight is 141 g/mol. The first-order chi connectivity index (χ1) is 4.74.